The molecule has 1 aliphatic rings. The number of rotatable bonds is 3. The van der Waals surface area contributed by atoms with Crippen molar-refractivity contribution in [2.45, 2.75) is 32.2 Å². The molecule has 0 aromatic heterocycles. The van der Waals surface area contributed by atoms with Crippen molar-refractivity contribution < 1.29 is 4.79 Å². The largest absolute Gasteiger partial charge is 0.369 e. The van der Waals surface area contributed by atoms with E-state index in [1.54, 1.807) is 0 Å². The summed E-state index contributed by atoms with van der Waals surface area (Å²) in [5, 5.41) is 0. The van der Waals surface area contributed by atoms with Gasteiger partial charge in [-0.2, -0.15) is 0 Å². The van der Waals surface area contributed by atoms with E-state index in [-0.39, 0.29) is 17.9 Å². The quantitative estimate of drug-likeness (QED) is 0.802. The number of carbonyl (C=O) groups excluding carboxylic acids is 1. The molecule has 1 aliphatic carbocycles. The van der Waals surface area contributed by atoms with Crippen LogP contribution in [0.4, 0.5) is 0 Å². The van der Waals surface area contributed by atoms with Crippen molar-refractivity contribution in [2.75, 3.05) is 0 Å². The van der Waals surface area contributed by atoms with Gasteiger partial charge in [0.05, 0.1) is 0 Å². The molecule has 0 saturated heterocycles. The molecule has 0 spiro atoms. The lowest BCUT2D eigenvalue weighted by Crippen LogP contribution is -2.22. The molecule has 1 aromatic rings. The highest BCUT2D eigenvalue weighted by Crippen LogP contribution is 2.30. The third kappa shape index (κ3) is 2.09. The molecule has 4 N–H and O–H groups in total. The molecule has 2 atom stereocenters. The predicted octanol–water partition coefficient (Wildman–Crippen LogP) is 1.30. The highest BCUT2D eigenvalue weighted by molar-refractivity contribution is 5.76. The molecule has 1 amide bonds. The number of primary amides is 1. The third-order valence-electron chi connectivity index (χ3n) is 3.36. The number of hydrogen-bond donors (Lipinski definition) is 2. The number of nitrogens with two attached hydrogens (primary N) is 2. The molecule has 0 heterocycles. The Balaban J connectivity index is 2.16. The van der Waals surface area contributed by atoms with Crippen LogP contribution in [0.25, 0.3) is 0 Å². The SMILES string of the molecule is CC(Cc1ccc2c(c1)CCC2N)C(N)=O. The number of amides is 1. The number of hydrogen-bond acceptors (Lipinski definition) is 2. The van der Waals surface area contributed by atoms with E-state index in [1.807, 2.05) is 6.92 Å². The maximum Gasteiger partial charge on any atom is 0.220 e. The van der Waals surface area contributed by atoms with E-state index in [4.69, 9.17) is 11.5 Å². The Kier molecular flexibility index (Phi) is 2.97. The molecular weight excluding hydrogens is 200 g/mol. The van der Waals surface area contributed by atoms with Crippen LogP contribution in [-0.4, -0.2) is 5.91 Å². The Morgan fingerprint density at radius 3 is 3.00 bits per heavy atom. The van der Waals surface area contributed by atoms with Crippen LogP contribution in [0.15, 0.2) is 18.2 Å². The first-order valence-electron chi connectivity index (χ1n) is 5.74. The summed E-state index contributed by atoms with van der Waals surface area (Å²) in [6.45, 7) is 1.86. The molecule has 0 bridgehead atoms. The molecule has 3 nitrogen and oxygen atoms in total. The average Bonchev–Trinajstić information content (AvgIpc) is 2.60. The number of aryl methyl sites for hydroxylation is 1. The Morgan fingerprint density at radius 2 is 2.31 bits per heavy atom. The van der Waals surface area contributed by atoms with Gasteiger partial charge in [-0.25, -0.2) is 0 Å². The van der Waals surface area contributed by atoms with E-state index in [9.17, 15) is 4.79 Å². The van der Waals surface area contributed by atoms with E-state index in [0.717, 1.165) is 19.3 Å². The highest BCUT2D eigenvalue weighted by Gasteiger charge is 2.19. The minimum Gasteiger partial charge on any atom is -0.369 e. The van der Waals surface area contributed by atoms with E-state index in [0.29, 0.717) is 0 Å². The lowest BCUT2D eigenvalue weighted by atomic mass is 9.97. The maximum atomic E-state index is 11.0. The zero-order chi connectivity index (χ0) is 11.7. The van der Waals surface area contributed by atoms with Crippen LogP contribution in [0.5, 0.6) is 0 Å². The van der Waals surface area contributed by atoms with Gasteiger partial charge in [-0.15, -0.1) is 0 Å². The van der Waals surface area contributed by atoms with Crippen LogP contribution in [0, 0.1) is 5.92 Å². The van der Waals surface area contributed by atoms with Gasteiger partial charge in [-0.05, 0) is 36.0 Å². The van der Waals surface area contributed by atoms with Crippen LogP contribution in [0.1, 0.15) is 36.1 Å². The number of carbonyl (C=O) groups is 1. The normalized spacial score (nSPS) is 20.5. The summed E-state index contributed by atoms with van der Waals surface area (Å²) in [5.41, 5.74) is 15.0. The van der Waals surface area contributed by atoms with Gasteiger partial charge in [0.15, 0.2) is 0 Å². The standard InChI is InChI=1S/C13H18N2O/c1-8(13(15)16)6-9-2-4-11-10(7-9)3-5-12(11)14/h2,4,7-8,12H,3,5-6,14H2,1H3,(H2,15,16). The monoisotopic (exact) mass is 218 g/mol. The van der Waals surface area contributed by atoms with E-state index in [2.05, 4.69) is 18.2 Å². The second-order valence-corrected chi connectivity index (χ2v) is 4.69. The molecule has 0 saturated carbocycles. The first-order chi connectivity index (χ1) is 7.58. The summed E-state index contributed by atoms with van der Waals surface area (Å²) < 4.78 is 0. The summed E-state index contributed by atoms with van der Waals surface area (Å²) in [6, 6.07) is 6.51. The van der Waals surface area contributed by atoms with Crippen molar-refractivity contribution in [3.63, 3.8) is 0 Å². The van der Waals surface area contributed by atoms with Crippen LogP contribution in [-0.2, 0) is 17.6 Å². The molecule has 0 radical (unpaired) electrons. The Bertz CT molecular complexity index is 414. The fourth-order valence-electron chi connectivity index (χ4n) is 2.28. The summed E-state index contributed by atoms with van der Waals surface area (Å²) in [5.74, 6) is -0.342. The molecule has 16 heavy (non-hydrogen) atoms. The second-order valence-electron chi connectivity index (χ2n) is 4.69. The van der Waals surface area contributed by atoms with Crippen molar-refractivity contribution in [1.82, 2.24) is 0 Å². The van der Waals surface area contributed by atoms with Crippen LogP contribution in [0.3, 0.4) is 0 Å². The first kappa shape index (κ1) is 11.1. The lowest BCUT2D eigenvalue weighted by molar-refractivity contribution is -0.121. The molecule has 0 fully saturated rings. The topological polar surface area (TPSA) is 69.1 Å². The van der Waals surface area contributed by atoms with Gasteiger partial charge in [0.25, 0.3) is 0 Å². The second kappa shape index (κ2) is 4.26. The van der Waals surface area contributed by atoms with Crippen molar-refractivity contribution in [2.24, 2.45) is 17.4 Å². The van der Waals surface area contributed by atoms with Gasteiger partial charge < -0.3 is 11.5 Å². The molecule has 0 aliphatic heterocycles. The van der Waals surface area contributed by atoms with Crippen molar-refractivity contribution in [3.8, 4) is 0 Å². The summed E-state index contributed by atoms with van der Waals surface area (Å²) in [7, 11) is 0. The van der Waals surface area contributed by atoms with E-state index in [1.165, 1.54) is 16.7 Å². The van der Waals surface area contributed by atoms with Gasteiger partial charge in [-0.1, -0.05) is 25.1 Å². The van der Waals surface area contributed by atoms with Gasteiger partial charge in [0.1, 0.15) is 0 Å². The fraction of sp³-hybridized carbons (Fsp3) is 0.462. The van der Waals surface area contributed by atoms with Crippen LogP contribution in [0.2, 0.25) is 0 Å². The van der Waals surface area contributed by atoms with Gasteiger partial charge in [-0.3, -0.25) is 4.79 Å². The number of fused-ring (bicyclic) bond motifs is 1. The summed E-state index contributed by atoms with van der Waals surface area (Å²) >= 11 is 0. The summed E-state index contributed by atoms with van der Waals surface area (Å²) in [4.78, 5) is 11.0. The zero-order valence-electron chi connectivity index (χ0n) is 9.57. The summed E-state index contributed by atoms with van der Waals surface area (Å²) in [6.07, 6.45) is 2.80. The van der Waals surface area contributed by atoms with Crippen molar-refractivity contribution >= 4 is 5.91 Å². The lowest BCUT2D eigenvalue weighted by Gasteiger charge is -2.10. The molecule has 86 valence electrons. The van der Waals surface area contributed by atoms with Gasteiger partial charge >= 0.3 is 0 Å². The smallest absolute Gasteiger partial charge is 0.220 e. The van der Waals surface area contributed by atoms with Crippen LogP contribution < -0.4 is 11.5 Å². The van der Waals surface area contributed by atoms with Crippen LogP contribution >= 0.6 is 0 Å². The Hall–Kier alpha value is -1.35. The zero-order valence-corrected chi connectivity index (χ0v) is 9.57. The van der Waals surface area contributed by atoms with Crippen molar-refractivity contribution in [1.29, 1.82) is 0 Å². The molecular formula is C13H18N2O. The highest BCUT2D eigenvalue weighted by atomic mass is 16.1. The molecule has 2 rings (SSSR count). The Morgan fingerprint density at radius 1 is 1.56 bits per heavy atom. The molecule has 3 heteroatoms. The fourth-order valence-corrected chi connectivity index (χ4v) is 2.28. The van der Waals surface area contributed by atoms with E-state index < -0.39 is 0 Å². The first-order valence-corrected chi connectivity index (χ1v) is 5.74. The van der Waals surface area contributed by atoms with Crippen molar-refractivity contribution in [3.05, 3.63) is 34.9 Å². The average molecular weight is 218 g/mol. The maximum absolute atomic E-state index is 11.0. The minimum absolute atomic E-state index is 0.104. The third-order valence-corrected chi connectivity index (χ3v) is 3.36. The van der Waals surface area contributed by atoms with Gasteiger partial charge in [0.2, 0.25) is 5.91 Å². The number of benzene rings is 1. The van der Waals surface area contributed by atoms with E-state index >= 15 is 0 Å². The predicted molar refractivity (Wildman–Crippen MR) is 63.8 cm³/mol. The molecule has 2 unspecified atom stereocenters. The Labute approximate surface area is 95.8 Å². The molecule has 1 aromatic carbocycles. The minimum atomic E-state index is -0.239. The van der Waals surface area contributed by atoms with Gasteiger partial charge in [0, 0.05) is 12.0 Å².